The number of rotatable bonds is 5. The van der Waals surface area contributed by atoms with Crippen LogP contribution in [0, 0.1) is 0 Å². The first-order valence-corrected chi connectivity index (χ1v) is 11.0. The van der Waals surface area contributed by atoms with E-state index in [1.165, 1.54) is 19.3 Å². The lowest BCUT2D eigenvalue weighted by molar-refractivity contribution is 0.0734. The molecule has 0 aromatic heterocycles. The number of thiocarbonyl (C=S) groups is 1. The molecule has 29 heavy (non-hydrogen) atoms. The van der Waals surface area contributed by atoms with E-state index in [4.69, 9.17) is 28.6 Å². The molecule has 0 spiro atoms. The Kier molecular flexibility index (Phi) is 8.03. The van der Waals surface area contributed by atoms with Crippen molar-refractivity contribution in [1.82, 2.24) is 10.7 Å². The number of carbonyl (C=O) groups excluding carboxylic acids is 1. The summed E-state index contributed by atoms with van der Waals surface area (Å²) in [5.41, 5.74) is 3.88. The van der Waals surface area contributed by atoms with Gasteiger partial charge >= 0.3 is 5.97 Å². The van der Waals surface area contributed by atoms with Crippen LogP contribution in [0.15, 0.2) is 52.0 Å². The van der Waals surface area contributed by atoms with Crippen LogP contribution in [-0.2, 0) is 0 Å². The highest BCUT2D eigenvalue weighted by molar-refractivity contribution is 9.10. The number of halogens is 2. The maximum atomic E-state index is 12.4. The molecule has 1 saturated carbocycles. The smallest absolute Gasteiger partial charge is 0.343 e. The lowest BCUT2D eigenvalue weighted by atomic mass is 9.96. The summed E-state index contributed by atoms with van der Waals surface area (Å²) < 4.78 is 6.38. The summed E-state index contributed by atoms with van der Waals surface area (Å²) in [6, 6.07) is 12.2. The predicted molar refractivity (Wildman–Crippen MR) is 124 cm³/mol. The topological polar surface area (TPSA) is 62.7 Å². The van der Waals surface area contributed by atoms with Crippen molar-refractivity contribution in [2.24, 2.45) is 5.10 Å². The Morgan fingerprint density at radius 3 is 2.62 bits per heavy atom. The van der Waals surface area contributed by atoms with Crippen LogP contribution in [-0.4, -0.2) is 23.3 Å². The molecule has 2 N–H and O–H groups in total. The number of nitrogens with one attached hydrogen (secondary N) is 2. The second-order valence-electron chi connectivity index (χ2n) is 6.76. The third-order valence-electron chi connectivity index (χ3n) is 4.56. The highest BCUT2D eigenvalue weighted by Gasteiger charge is 2.14. The van der Waals surface area contributed by atoms with Gasteiger partial charge in [0.1, 0.15) is 5.75 Å². The first kappa shape index (κ1) is 21.7. The fourth-order valence-corrected chi connectivity index (χ4v) is 3.81. The largest absolute Gasteiger partial charge is 0.422 e. The minimum atomic E-state index is -0.471. The van der Waals surface area contributed by atoms with Crippen molar-refractivity contribution >= 4 is 57.0 Å². The Labute approximate surface area is 189 Å². The Morgan fingerprint density at radius 1 is 1.17 bits per heavy atom. The molecule has 1 aliphatic carbocycles. The van der Waals surface area contributed by atoms with Crippen LogP contribution in [0.3, 0.4) is 0 Å². The molecule has 0 amide bonds. The van der Waals surface area contributed by atoms with E-state index < -0.39 is 5.97 Å². The van der Waals surface area contributed by atoms with Crippen LogP contribution in [0.4, 0.5) is 0 Å². The molecule has 0 bridgehead atoms. The number of esters is 1. The van der Waals surface area contributed by atoms with Crippen molar-refractivity contribution in [3.8, 4) is 5.75 Å². The molecule has 0 aliphatic heterocycles. The molecule has 152 valence electrons. The summed E-state index contributed by atoms with van der Waals surface area (Å²) in [7, 11) is 0. The number of hydrazone groups is 1. The van der Waals surface area contributed by atoms with Crippen molar-refractivity contribution < 1.29 is 9.53 Å². The maximum Gasteiger partial charge on any atom is 0.343 e. The van der Waals surface area contributed by atoms with Gasteiger partial charge in [0.05, 0.1) is 11.8 Å². The minimum absolute atomic E-state index is 0.393. The van der Waals surface area contributed by atoms with Gasteiger partial charge in [-0.2, -0.15) is 5.10 Å². The van der Waals surface area contributed by atoms with Crippen LogP contribution in [0.5, 0.6) is 5.75 Å². The average molecular weight is 495 g/mol. The van der Waals surface area contributed by atoms with Gasteiger partial charge < -0.3 is 10.1 Å². The molecule has 2 aromatic rings. The average Bonchev–Trinajstić information content (AvgIpc) is 2.71. The van der Waals surface area contributed by atoms with Crippen molar-refractivity contribution in [3.05, 3.63) is 63.1 Å². The van der Waals surface area contributed by atoms with Crippen LogP contribution in [0.2, 0.25) is 5.02 Å². The van der Waals surface area contributed by atoms with Gasteiger partial charge in [-0.15, -0.1) is 0 Å². The molecule has 1 fully saturated rings. The van der Waals surface area contributed by atoms with Gasteiger partial charge in [-0.3, -0.25) is 5.43 Å². The first-order chi connectivity index (χ1) is 14.0. The van der Waals surface area contributed by atoms with Crippen molar-refractivity contribution in [3.63, 3.8) is 0 Å². The number of hydrogen-bond acceptors (Lipinski definition) is 4. The second kappa shape index (κ2) is 10.7. The summed E-state index contributed by atoms with van der Waals surface area (Å²) in [6.07, 6.45) is 7.57. The standard InChI is InChI=1S/C21H21BrClN3O2S/c22-16-8-11-19(28-20(27)14-6-9-17(23)10-7-14)15(12-16)13-24-26-21(29)25-18-4-2-1-3-5-18/h6-13,18H,1-5H2,(H2,25,26,29)/b24-13+. The molecule has 8 heteroatoms. The Morgan fingerprint density at radius 2 is 1.90 bits per heavy atom. The van der Waals surface area contributed by atoms with Gasteiger partial charge in [0.15, 0.2) is 5.11 Å². The molecular weight excluding hydrogens is 474 g/mol. The van der Waals surface area contributed by atoms with E-state index in [1.807, 2.05) is 6.07 Å². The summed E-state index contributed by atoms with van der Waals surface area (Å²) in [6.45, 7) is 0. The van der Waals surface area contributed by atoms with Crippen LogP contribution in [0.1, 0.15) is 48.0 Å². The third-order valence-corrected chi connectivity index (χ3v) is 5.52. The van der Waals surface area contributed by atoms with Crippen LogP contribution in [0.25, 0.3) is 0 Å². The van der Waals surface area contributed by atoms with E-state index in [2.05, 4.69) is 31.8 Å². The van der Waals surface area contributed by atoms with Gasteiger partial charge in [-0.05, 0) is 67.5 Å². The lowest BCUT2D eigenvalue weighted by Crippen LogP contribution is -2.40. The summed E-state index contributed by atoms with van der Waals surface area (Å²) in [4.78, 5) is 12.4. The highest BCUT2D eigenvalue weighted by Crippen LogP contribution is 2.23. The molecule has 0 atom stereocenters. The van der Waals surface area contributed by atoms with Gasteiger partial charge in [0.2, 0.25) is 0 Å². The third kappa shape index (κ3) is 6.80. The number of nitrogens with zero attached hydrogens (tertiary/aromatic N) is 1. The van der Waals surface area contributed by atoms with E-state index in [0.717, 1.165) is 17.3 Å². The van der Waals surface area contributed by atoms with E-state index in [0.29, 0.717) is 33.1 Å². The molecule has 5 nitrogen and oxygen atoms in total. The summed E-state index contributed by atoms with van der Waals surface area (Å²) in [5, 5.41) is 8.53. The number of ether oxygens (including phenoxy) is 1. The Bertz CT molecular complexity index is 899. The fraction of sp³-hybridized carbons (Fsp3) is 0.286. The van der Waals surface area contributed by atoms with E-state index in [1.54, 1.807) is 42.6 Å². The molecule has 0 unspecified atom stereocenters. The lowest BCUT2D eigenvalue weighted by Gasteiger charge is -2.23. The van der Waals surface area contributed by atoms with E-state index >= 15 is 0 Å². The van der Waals surface area contributed by atoms with Gasteiger partial charge in [-0.1, -0.05) is 46.8 Å². The quantitative estimate of drug-likeness (QED) is 0.190. The molecule has 2 aromatic carbocycles. The Balaban J connectivity index is 1.63. The van der Waals surface area contributed by atoms with Crippen molar-refractivity contribution in [1.29, 1.82) is 0 Å². The normalized spacial score (nSPS) is 14.6. The number of carbonyl (C=O) groups is 1. The first-order valence-electron chi connectivity index (χ1n) is 9.38. The summed E-state index contributed by atoms with van der Waals surface area (Å²) in [5.74, 6) is -0.0778. The van der Waals surface area contributed by atoms with Crippen LogP contribution >= 0.6 is 39.7 Å². The predicted octanol–water partition coefficient (Wildman–Crippen LogP) is 5.45. The molecule has 3 rings (SSSR count). The summed E-state index contributed by atoms with van der Waals surface area (Å²) >= 11 is 14.6. The SMILES string of the molecule is O=C(Oc1ccc(Br)cc1/C=N/NC(=S)NC1CCCCC1)c1ccc(Cl)cc1. The van der Waals surface area contributed by atoms with Crippen LogP contribution < -0.4 is 15.5 Å². The molecule has 1 aliphatic rings. The molecule has 0 saturated heterocycles. The molecular formula is C21H21BrClN3O2S. The van der Waals surface area contributed by atoms with E-state index in [-0.39, 0.29) is 0 Å². The zero-order valence-corrected chi connectivity index (χ0v) is 18.8. The van der Waals surface area contributed by atoms with Crippen molar-refractivity contribution in [2.75, 3.05) is 0 Å². The highest BCUT2D eigenvalue weighted by atomic mass is 79.9. The van der Waals surface area contributed by atoms with Gasteiger partial charge in [0, 0.05) is 21.1 Å². The molecule has 0 heterocycles. The van der Waals surface area contributed by atoms with Gasteiger partial charge in [0.25, 0.3) is 0 Å². The van der Waals surface area contributed by atoms with E-state index in [9.17, 15) is 4.79 Å². The fourth-order valence-electron chi connectivity index (χ4n) is 3.08. The zero-order valence-electron chi connectivity index (χ0n) is 15.7. The zero-order chi connectivity index (χ0) is 20.6. The molecule has 0 radical (unpaired) electrons. The second-order valence-corrected chi connectivity index (χ2v) is 8.52. The Hall–Kier alpha value is -1.96. The van der Waals surface area contributed by atoms with Gasteiger partial charge in [-0.25, -0.2) is 4.79 Å². The number of hydrogen-bond donors (Lipinski definition) is 2. The monoisotopic (exact) mass is 493 g/mol. The minimum Gasteiger partial charge on any atom is -0.422 e. The van der Waals surface area contributed by atoms with Crippen molar-refractivity contribution in [2.45, 2.75) is 38.1 Å². The maximum absolute atomic E-state index is 12.4. The number of benzene rings is 2.